The summed E-state index contributed by atoms with van der Waals surface area (Å²) in [5.74, 6) is 0.487. The summed E-state index contributed by atoms with van der Waals surface area (Å²) in [5.41, 5.74) is 3.33. The number of aryl methyl sites for hydroxylation is 1. The molecule has 124 valence electrons. The van der Waals surface area contributed by atoms with Crippen LogP contribution >= 0.6 is 0 Å². The molecule has 2 heterocycles. The average Bonchev–Trinajstić information content (AvgIpc) is 2.88. The van der Waals surface area contributed by atoms with Gasteiger partial charge in [-0.15, -0.1) is 0 Å². The molecule has 0 aliphatic carbocycles. The van der Waals surface area contributed by atoms with Crippen molar-refractivity contribution in [2.24, 2.45) is 0 Å². The van der Waals surface area contributed by atoms with E-state index in [4.69, 9.17) is 4.74 Å². The molecular weight excluding hydrogens is 288 g/mol. The van der Waals surface area contributed by atoms with Crippen molar-refractivity contribution in [2.45, 2.75) is 52.1 Å². The molecule has 1 saturated heterocycles. The maximum Gasteiger partial charge on any atom is 0.410 e. The van der Waals surface area contributed by atoms with Gasteiger partial charge in [0.25, 0.3) is 0 Å². The smallest absolute Gasteiger partial charge is 0.410 e. The Morgan fingerprint density at radius 3 is 2.57 bits per heavy atom. The van der Waals surface area contributed by atoms with E-state index in [9.17, 15) is 4.79 Å². The van der Waals surface area contributed by atoms with Crippen molar-refractivity contribution in [1.29, 1.82) is 0 Å². The van der Waals surface area contributed by atoms with Crippen LogP contribution in [0.4, 0.5) is 4.79 Å². The fraction of sp³-hybridized carbons (Fsp3) is 0.526. The summed E-state index contributed by atoms with van der Waals surface area (Å²) in [7, 11) is 0. The summed E-state index contributed by atoms with van der Waals surface area (Å²) in [6.07, 6.45) is 1.76. The van der Waals surface area contributed by atoms with Crippen molar-refractivity contribution in [2.75, 3.05) is 13.1 Å². The van der Waals surface area contributed by atoms with Gasteiger partial charge in [-0.3, -0.25) is 0 Å². The average molecular weight is 314 g/mol. The number of amides is 1. The first-order chi connectivity index (χ1) is 10.8. The van der Waals surface area contributed by atoms with Gasteiger partial charge in [0.2, 0.25) is 0 Å². The molecule has 3 rings (SSSR count). The lowest BCUT2D eigenvalue weighted by Crippen LogP contribution is -2.41. The minimum Gasteiger partial charge on any atom is -0.444 e. The van der Waals surface area contributed by atoms with Crippen LogP contribution in [0, 0.1) is 6.92 Å². The molecule has 1 aromatic carbocycles. The predicted molar refractivity (Wildman–Crippen MR) is 92.8 cm³/mol. The molecule has 23 heavy (non-hydrogen) atoms. The normalized spacial score (nSPS) is 16.8. The van der Waals surface area contributed by atoms with E-state index < -0.39 is 5.60 Å². The third kappa shape index (κ3) is 3.69. The molecule has 4 nitrogen and oxygen atoms in total. The SMILES string of the molecule is Cc1ccc2[nH]c(C3CCN(C(=O)OC(C)(C)C)CC3)cc2c1. The van der Waals surface area contributed by atoms with Crippen molar-refractivity contribution < 1.29 is 9.53 Å². The van der Waals surface area contributed by atoms with E-state index in [1.54, 1.807) is 0 Å². The number of ether oxygens (including phenoxy) is 1. The zero-order valence-electron chi connectivity index (χ0n) is 14.5. The number of piperidine rings is 1. The van der Waals surface area contributed by atoms with E-state index in [2.05, 4.69) is 36.2 Å². The van der Waals surface area contributed by atoms with E-state index in [0.29, 0.717) is 5.92 Å². The first-order valence-corrected chi connectivity index (χ1v) is 8.39. The van der Waals surface area contributed by atoms with Gasteiger partial charge in [0.15, 0.2) is 0 Å². The molecular formula is C19H26N2O2. The molecule has 0 bridgehead atoms. The maximum atomic E-state index is 12.1. The lowest BCUT2D eigenvalue weighted by molar-refractivity contribution is 0.0204. The van der Waals surface area contributed by atoms with Crippen LogP contribution in [0.3, 0.4) is 0 Å². The molecule has 0 spiro atoms. The number of benzene rings is 1. The van der Waals surface area contributed by atoms with Gasteiger partial charge in [0.05, 0.1) is 0 Å². The highest BCUT2D eigenvalue weighted by Crippen LogP contribution is 2.30. The third-order valence-corrected chi connectivity index (χ3v) is 4.38. The number of nitrogens with zero attached hydrogens (tertiary/aromatic N) is 1. The Labute approximate surface area is 137 Å². The summed E-state index contributed by atoms with van der Waals surface area (Å²) in [5, 5.41) is 1.27. The monoisotopic (exact) mass is 314 g/mol. The number of fused-ring (bicyclic) bond motifs is 1. The summed E-state index contributed by atoms with van der Waals surface area (Å²) >= 11 is 0. The molecule has 1 fully saturated rings. The van der Waals surface area contributed by atoms with Crippen LogP contribution in [0.2, 0.25) is 0 Å². The molecule has 0 atom stereocenters. The van der Waals surface area contributed by atoms with E-state index in [-0.39, 0.29) is 6.09 Å². The van der Waals surface area contributed by atoms with Crippen molar-refractivity contribution in [3.63, 3.8) is 0 Å². The largest absolute Gasteiger partial charge is 0.444 e. The van der Waals surface area contributed by atoms with Gasteiger partial charge in [-0.2, -0.15) is 0 Å². The Morgan fingerprint density at radius 1 is 1.22 bits per heavy atom. The van der Waals surface area contributed by atoms with Crippen LogP contribution in [0.25, 0.3) is 10.9 Å². The lowest BCUT2D eigenvalue weighted by atomic mass is 9.94. The highest BCUT2D eigenvalue weighted by Gasteiger charge is 2.28. The lowest BCUT2D eigenvalue weighted by Gasteiger charge is -2.33. The zero-order valence-corrected chi connectivity index (χ0v) is 14.5. The maximum absolute atomic E-state index is 12.1. The Morgan fingerprint density at radius 2 is 1.91 bits per heavy atom. The topological polar surface area (TPSA) is 45.3 Å². The number of hydrogen-bond acceptors (Lipinski definition) is 2. The molecule has 1 aromatic heterocycles. The number of H-pyrrole nitrogens is 1. The fourth-order valence-corrected chi connectivity index (χ4v) is 3.19. The van der Waals surface area contributed by atoms with Gasteiger partial charge in [-0.05, 0) is 64.1 Å². The second kappa shape index (κ2) is 5.91. The van der Waals surface area contributed by atoms with Gasteiger partial charge < -0.3 is 14.6 Å². The van der Waals surface area contributed by atoms with Gasteiger partial charge in [-0.25, -0.2) is 4.79 Å². The summed E-state index contributed by atoms with van der Waals surface area (Å²) in [6, 6.07) is 8.75. The minimum absolute atomic E-state index is 0.191. The van der Waals surface area contributed by atoms with E-state index in [0.717, 1.165) is 25.9 Å². The molecule has 1 N–H and O–H groups in total. The molecule has 0 radical (unpaired) electrons. The van der Waals surface area contributed by atoms with Crippen LogP contribution < -0.4 is 0 Å². The van der Waals surface area contributed by atoms with Crippen LogP contribution in [0.15, 0.2) is 24.3 Å². The zero-order chi connectivity index (χ0) is 16.6. The van der Waals surface area contributed by atoms with Crippen molar-refractivity contribution in [1.82, 2.24) is 9.88 Å². The Hall–Kier alpha value is -1.97. The molecule has 2 aromatic rings. The van der Waals surface area contributed by atoms with Crippen LogP contribution in [-0.2, 0) is 4.74 Å². The van der Waals surface area contributed by atoms with Crippen LogP contribution in [-0.4, -0.2) is 34.7 Å². The Kier molecular flexibility index (Phi) is 4.09. The molecule has 0 unspecified atom stereocenters. The standard InChI is InChI=1S/C19H26N2O2/c1-13-5-6-16-15(11-13)12-17(20-16)14-7-9-21(10-8-14)18(22)23-19(2,3)4/h5-6,11-12,14,20H,7-10H2,1-4H3. The quantitative estimate of drug-likeness (QED) is 0.836. The third-order valence-electron chi connectivity index (χ3n) is 4.38. The van der Waals surface area contributed by atoms with Gasteiger partial charge >= 0.3 is 6.09 Å². The van der Waals surface area contributed by atoms with Gasteiger partial charge in [0, 0.05) is 30.2 Å². The molecule has 1 aliphatic heterocycles. The number of likely N-dealkylation sites (tertiary alicyclic amines) is 1. The summed E-state index contributed by atoms with van der Waals surface area (Å²) in [4.78, 5) is 17.5. The molecule has 0 saturated carbocycles. The van der Waals surface area contributed by atoms with E-state index in [1.807, 2.05) is 25.7 Å². The second-order valence-corrected chi connectivity index (χ2v) is 7.56. The minimum atomic E-state index is -0.428. The van der Waals surface area contributed by atoms with Gasteiger partial charge in [0.1, 0.15) is 5.60 Å². The van der Waals surface area contributed by atoms with E-state index in [1.165, 1.54) is 22.2 Å². The first kappa shape index (κ1) is 15.9. The number of rotatable bonds is 1. The highest BCUT2D eigenvalue weighted by atomic mass is 16.6. The number of aromatic nitrogens is 1. The Balaban J connectivity index is 1.65. The Bertz CT molecular complexity index is 704. The van der Waals surface area contributed by atoms with Crippen LogP contribution in [0.1, 0.15) is 50.8 Å². The van der Waals surface area contributed by atoms with Crippen molar-refractivity contribution in [3.8, 4) is 0 Å². The van der Waals surface area contributed by atoms with Gasteiger partial charge in [-0.1, -0.05) is 11.6 Å². The number of aromatic amines is 1. The van der Waals surface area contributed by atoms with E-state index >= 15 is 0 Å². The number of hydrogen-bond donors (Lipinski definition) is 1. The second-order valence-electron chi connectivity index (χ2n) is 7.56. The highest BCUT2D eigenvalue weighted by molar-refractivity contribution is 5.81. The fourth-order valence-electron chi connectivity index (χ4n) is 3.19. The first-order valence-electron chi connectivity index (χ1n) is 8.39. The number of carbonyl (C=O) groups excluding carboxylic acids is 1. The summed E-state index contributed by atoms with van der Waals surface area (Å²) < 4.78 is 5.46. The van der Waals surface area contributed by atoms with Crippen molar-refractivity contribution in [3.05, 3.63) is 35.5 Å². The van der Waals surface area contributed by atoms with Crippen LogP contribution in [0.5, 0.6) is 0 Å². The molecule has 4 heteroatoms. The van der Waals surface area contributed by atoms with Crippen molar-refractivity contribution >= 4 is 17.0 Å². The number of nitrogens with one attached hydrogen (secondary N) is 1. The predicted octanol–water partition coefficient (Wildman–Crippen LogP) is 4.59. The molecule has 1 aliphatic rings. The molecule has 1 amide bonds. The summed E-state index contributed by atoms with van der Waals surface area (Å²) in [6.45, 7) is 9.35. The number of carbonyl (C=O) groups is 1.